The zero-order valence-corrected chi connectivity index (χ0v) is 9.52. The standard InChI is InChI=1S/C12H19NO3/c1-2-11(15)13-7-10(8-14)12(9-13)3-5-16-6-4-12/h2,10,14H,1,3-9H2. The van der Waals surface area contributed by atoms with Gasteiger partial charge in [0.15, 0.2) is 0 Å². The first-order valence-corrected chi connectivity index (χ1v) is 5.82. The van der Waals surface area contributed by atoms with Crippen molar-refractivity contribution >= 4 is 5.91 Å². The highest BCUT2D eigenvalue weighted by molar-refractivity contribution is 5.87. The Bertz CT molecular complexity index is 284. The summed E-state index contributed by atoms with van der Waals surface area (Å²) in [5.41, 5.74) is 0.0751. The molecule has 0 aromatic carbocycles. The van der Waals surface area contributed by atoms with Gasteiger partial charge in [-0.25, -0.2) is 0 Å². The van der Waals surface area contributed by atoms with Gasteiger partial charge in [0, 0.05) is 38.8 Å². The van der Waals surface area contributed by atoms with Crippen LogP contribution in [-0.4, -0.2) is 48.8 Å². The fourth-order valence-electron chi connectivity index (χ4n) is 2.93. The molecule has 0 aromatic rings. The third-order valence-electron chi connectivity index (χ3n) is 4.01. The first kappa shape index (κ1) is 11.6. The number of carbonyl (C=O) groups is 1. The van der Waals surface area contributed by atoms with Crippen LogP contribution in [0, 0.1) is 11.3 Å². The Labute approximate surface area is 95.9 Å². The maximum Gasteiger partial charge on any atom is 0.245 e. The molecule has 0 bridgehead atoms. The molecule has 2 aliphatic heterocycles. The second-order valence-electron chi connectivity index (χ2n) is 4.78. The third kappa shape index (κ3) is 1.87. The lowest BCUT2D eigenvalue weighted by molar-refractivity contribution is -0.125. The van der Waals surface area contributed by atoms with Gasteiger partial charge in [0.1, 0.15) is 0 Å². The van der Waals surface area contributed by atoms with Crippen LogP contribution < -0.4 is 0 Å². The molecule has 16 heavy (non-hydrogen) atoms. The molecular formula is C12H19NO3. The third-order valence-corrected chi connectivity index (χ3v) is 4.01. The monoisotopic (exact) mass is 225 g/mol. The quantitative estimate of drug-likeness (QED) is 0.693. The molecular weight excluding hydrogens is 206 g/mol. The van der Waals surface area contributed by atoms with Crippen molar-refractivity contribution in [3.05, 3.63) is 12.7 Å². The summed E-state index contributed by atoms with van der Waals surface area (Å²) in [6.07, 6.45) is 3.24. The Balaban J connectivity index is 2.12. The summed E-state index contributed by atoms with van der Waals surface area (Å²) in [6, 6.07) is 0. The number of ether oxygens (including phenoxy) is 1. The van der Waals surface area contributed by atoms with E-state index in [9.17, 15) is 9.90 Å². The van der Waals surface area contributed by atoms with Crippen molar-refractivity contribution in [3.63, 3.8) is 0 Å². The van der Waals surface area contributed by atoms with Crippen molar-refractivity contribution in [2.75, 3.05) is 32.9 Å². The van der Waals surface area contributed by atoms with E-state index in [4.69, 9.17) is 4.74 Å². The molecule has 4 heteroatoms. The number of nitrogens with zero attached hydrogens (tertiary/aromatic N) is 1. The molecule has 1 spiro atoms. The summed E-state index contributed by atoms with van der Waals surface area (Å²) in [5.74, 6) is 0.169. The van der Waals surface area contributed by atoms with Crippen molar-refractivity contribution in [1.29, 1.82) is 0 Å². The van der Waals surface area contributed by atoms with Gasteiger partial charge in [-0.2, -0.15) is 0 Å². The number of carbonyl (C=O) groups excluding carboxylic acids is 1. The van der Waals surface area contributed by atoms with Crippen LogP contribution in [-0.2, 0) is 9.53 Å². The summed E-state index contributed by atoms with van der Waals surface area (Å²) in [5, 5.41) is 9.45. The Morgan fingerprint density at radius 1 is 1.56 bits per heavy atom. The predicted octanol–water partition coefficient (Wildman–Crippen LogP) is 0.420. The van der Waals surface area contributed by atoms with Gasteiger partial charge in [0.05, 0.1) is 0 Å². The van der Waals surface area contributed by atoms with E-state index in [0.717, 1.165) is 32.6 Å². The van der Waals surface area contributed by atoms with Gasteiger partial charge in [-0.3, -0.25) is 4.79 Å². The summed E-state index contributed by atoms with van der Waals surface area (Å²) in [6.45, 7) is 6.55. The van der Waals surface area contributed by atoms with Gasteiger partial charge < -0.3 is 14.7 Å². The molecule has 1 N–H and O–H groups in total. The van der Waals surface area contributed by atoms with Crippen LogP contribution in [0.1, 0.15) is 12.8 Å². The number of amides is 1. The molecule has 0 saturated carbocycles. The highest BCUT2D eigenvalue weighted by Gasteiger charge is 2.47. The summed E-state index contributed by atoms with van der Waals surface area (Å²) >= 11 is 0. The zero-order chi connectivity index (χ0) is 11.6. The van der Waals surface area contributed by atoms with E-state index in [2.05, 4.69) is 6.58 Å². The van der Waals surface area contributed by atoms with Crippen LogP contribution >= 0.6 is 0 Å². The molecule has 2 aliphatic rings. The van der Waals surface area contributed by atoms with Gasteiger partial charge in [0.2, 0.25) is 5.91 Å². The number of hydrogen-bond acceptors (Lipinski definition) is 3. The Morgan fingerprint density at radius 2 is 2.25 bits per heavy atom. The van der Waals surface area contributed by atoms with Gasteiger partial charge in [0.25, 0.3) is 0 Å². The lowest BCUT2D eigenvalue weighted by atomic mass is 9.72. The molecule has 0 aliphatic carbocycles. The molecule has 1 atom stereocenters. The second kappa shape index (κ2) is 4.55. The van der Waals surface area contributed by atoms with Crippen LogP contribution in [0.2, 0.25) is 0 Å². The van der Waals surface area contributed by atoms with Gasteiger partial charge >= 0.3 is 0 Å². The van der Waals surface area contributed by atoms with Crippen molar-refractivity contribution in [2.45, 2.75) is 12.8 Å². The minimum Gasteiger partial charge on any atom is -0.396 e. The molecule has 4 nitrogen and oxygen atoms in total. The van der Waals surface area contributed by atoms with E-state index in [1.54, 1.807) is 4.90 Å². The first-order chi connectivity index (χ1) is 7.72. The maximum atomic E-state index is 11.6. The van der Waals surface area contributed by atoms with Crippen molar-refractivity contribution in [2.24, 2.45) is 11.3 Å². The SMILES string of the molecule is C=CC(=O)N1CC(CO)C2(CCOCC2)C1. The van der Waals surface area contributed by atoms with Crippen LogP contribution in [0.15, 0.2) is 12.7 Å². The van der Waals surface area contributed by atoms with Gasteiger partial charge in [-0.15, -0.1) is 0 Å². The molecule has 90 valence electrons. The Hall–Kier alpha value is -0.870. The van der Waals surface area contributed by atoms with E-state index < -0.39 is 0 Å². The van der Waals surface area contributed by atoms with Crippen molar-refractivity contribution in [3.8, 4) is 0 Å². The smallest absolute Gasteiger partial charge is 0.245 e. The molecule has 1 amide bonds. The highest BCUT2D eigenvalue weighted by atomic mass is 16.5. The van der Waals surface area contributed by atoms with E-state index in [1.807, 2.05) is 0 Å². The van der Waals surface area contributed by atoms with Gasteiger partial charge in [-0.1, -0.05) is 6.58 Å². The maximum absolute atomic E-state index is 11.6. The first-order valence-electron chi connectivity index (χ1n) is 5.82. The molecule has 2 rings (SSSR count). The van der Waals surface area contributed by atoms with E-state index in [-0.39, 0.29) is 23.8 Å². The van der Waals surface area contributed by atoms with Crippen LogP contribution in [0.25, 0.3) is 0 Å². The summed E-state index contributed by atoms with van der Waals surface area (Å²) < 4.78 is 5.37. The summed E-state index contributed by atoms with van der Waals surface area (Å²) in [4.78, 5) is 13.4. The van der Waals surface area contributed by atoms with Crippen molar-refractivity contribution < 1.29 is 14.6 Å². The average molecular weight is 225 g/mol. The molecule has 0 radical (unpaired) electrons. The minimum absolute atomic E-state index is 0.0261. The van der Waals surface area contributed by atoms with Crippen LogP contribution in [0.3, 0.4) is 0 Å². The Morgan fingerprint density at radius 3 is 2.81 bits per heavy atom. The largest absolute Gasteiger partial charge is 0.396 e. The number of hydrogen-bond donors (Lipinski definition) is 1. The van der Waals surface area contributed by atoms with E-state index >= 15 is 0 Å². The summed E-state index contributed by atoms with van der Waals surface area (Å²) in [7, 11) is 0. The topological polar surface area (TPSA) is 49.8 Å². The average Bonchev–Trinajstić information content (AvgIpc) is 2.67. The molecule has 2 fully saturated rings. The lowest BCUT2D eigenvalue weighted by Crippen LogP contribution is -2.38. The molecule has 0 aromatic heterocycles. The van der Waals surface area contributed by atoms with Crippen LogP contribution in [0.4, 0.5) is 0 Å². The molecule has 1 unspecified atom stereocenters. The minimum atomic E-state index is -0.0261. The zero-order valence-electron chi connectivity index (χ0n) is 9.52. The molecule has 2 heterocycles. The second-order valence-corrected chi connectivity index (χ2v) is 4.78. The fourth-order valence-corrected chi connectivity index (χ4v) is 2.93. The van der Waals surface area contributed by atoms with Crippen LogP contribution in [0.5, 0.6) is 0 Å². The normalized spacial score (nSPS) is 28.3. The molecule has 2 saturated heterocycles. The fraction of sp³-hybridized carbons (Fsp3) is 0.750. The Kier molecular flexibility index (Phi) is 3.30. The van der Waals surface area contributed by atoms with E-state index in [0.29, 0.717) is 6.54 Å². The number of likely N-dealkylation sites (tertiary alicyclic amines) is 1. The number of aliphatic hydroxyl groups excluding tert-OH is 1. The van der Waals surface area contributed by atoms with Crippen molar-refractivity contribution in [1.82, 2.24) is 4.90 Å². The number of aliphatic hydroxyl groups is 1. The van der Waals surface area contributed by atoms with E-state index in [1.165, 1.54) is 6.08 Å². The van der Waals surface area contributed by atoms with Gasteiger partial charge in [-0.05, 0) is 24.3 Å². The highest BCUT2D eigenvalue weighted by Crippen LogP contribution is 2.43. The lowest BCUT2D eigenvalue weighted by Gasteiger charge is -2.37. The number of rotatable bonds is 2. The predicted molar refractivity (Wildman–Crippen MR) is 59.8 cm³/mol.